The van der Waals surface area contributed by atoms with Crippen LogP contribution >= 0.6 is 0 Å². The molecule has 198 valence electrons. The molecule has 0 bridgehead atoms. The molecule has 8 atom stereocenters. The highest BCUT2D eigenvalue weighted by molar-refractivity contribution is 5.77. The summed E-state index contributed by atoms with van der Waals surface area (Å²) in [5.74, 6) is -2.70. The summed E-state index contributed by atoms with van der Waals surface area (Å²) in [6.45, 7) is -0.343. The van der Waals surface area contributed by atoms with Crippen molar-refractivity contribution in [3.05, 3.63) is 0 Å². The maximum atomic E-state index is 12.6. The first kappa shape index (κ1) is 30.1. The Kier molecular flexibility index (Phi) is 13.4. The van der Waals surface area contributed by atoms with Gasteiger partial charge in [0.15, 0.2) is 24.6 Å². The van der Waals surface area contributed by atoms with Gasteiger partial charge in [-0.1, -0.05) is 0 Å². The van der Waals surface area contributed by atoms with E-state index in [-0.39, 0.29) is 38.9 Å². The van der Waals surface area contributed by atoms with Crippen molar-refractivity contribution in [1.29, 1.82) is 0 Å². The zero-order chi connectivity index (χ0) is 25.8. The van der Waals surface area contributed by atoms with Gasteiger partial charge in [0.2, 0.25) is 0 Å². The largest absolute Gasteiger partial charge is 0.454 e. The third-order valence-electron chi connectivity index (χ3n) is 5.10. The van der Waals surface area contributed by atoms with Crippen molar-refractivity contribution in [2.45, 2.75) is 68.1 Å². The first-order valence-corrected chi connectivity index (χ1v) is 10.9. The fourth-order valence-corrected chi connectivity index (χ4v) is 3.17. The number of methoxy groups -OCH3 is 1. The van der Waals surface area contributed by atoms with Gasteiger partial charge in [-0.15, -0.1) is 0 Å². The van der Waals surface area contributed by atoms with E-state index in [1.165, 1.54) is 7.11 Å². The number of hydrogen-bond acceptors (Lipinski definition) is 15. The molecule has 1 aliphatic rings. The molecular formula is C19H38N6O9. The van der Waals surface area contributed by atoms with Gasteiger partial charge in [-0.05, 0) is 38.9 Å². The summed E-state index contributed by atoms with van der Waals surface area (Å²) in [6, 6.07) is -3.31. The Morgan fingerprint density at radius 3 is 1.50 bits per heavy atom. The topological polar surface area (TPSA) is 274 Å². The zero-order valence-corrected chi connectivity index (χ0v) is 19.2. The van der Waals surface area contributed by atoms with Crippen LogP contribution in [-0.2, 0) is 38.1 Å². The van der Waals surface area contributed by atoms with E-state index < -0.39 is 73.3 Å². The van der Waals surface area contributed by atoms with Crippen LogP contribution in [0.5, 0.6) is 0 Å². The number of esters is 3. The van der Waals surface area contributed by atoms with Crippen molar-refractivity contribution in [2.75, 3.05) is 33.4 Å². The fraction of sp³-hybridized carbons (Fsp3) is 0.842. The number of aliphatic hydroxyl groups excluding tert-OH is 1. The van der Waals surface area contributed by atoms with Gasteiger partial charge in [-0.25, -0.2) is 0 Å². The number of aliphatic hydroxyl groups is 1. The third kappa shape index (κ3) is 8.37. The normalized spacial score (nSPS) is 27.4. The maximum absolute atomic E-state index is 12.6. The number of rotatable bonds is 14. The lowest BCUT2D eigenvalue weighted by molar-refractivity contribution is -0.303. The lowest BCUT2D eigenvalue weighted by Crippen LogP contribution is -2.64. The molecule has 0 aromatic rings. The summed E-state index contributed by atoms with van der Waals surface area (Å²) in [5, 5.41) is 9.85. The molecular weight excluding hydrogens is 456 g/mol. The van der Waals surface area contributed by atoms with Crippen LogP contribution in [0.4, 0.5) is 0 Å². The van der Waals surface area contributed by atoms with Crippen LogP contribution < -0.4 is 34.4 Å². The Morgan fingerprint density at radius 2 is 1.15 bits per heavy atom. The average Bonchev–Trinajstić information content (AvgIpc) is 2.81. The van der Waals surface area contributed by atoms with Gasteiger partial charge >= 0.3 is 17.9 Å². The predicted octanol–water partition coefficient (Wildman–Crippen LogP) is -4.89. The molecule has 0 unspecified atom stereocenters. The first-order valence-electron chi connectivity index (χ1n) is 10.9. The minimum Gasteiger partial charge on any atom is -0.454 e. The molecule has 1 heterocycles. The van der Waals surface area contributed by atoms with Gasteiger partial charge in [0.1, 0.15) is 24.2 Å². The predicted molar refractivity (Wildman–Crippen MR) is 117 cm³/mol. The molecule has 0 aromatic heterocycles. The summed E-state index contributed by atoms with van der Waals surface area (Å²) < 4.78 is 27.2. The van der Waals surface area contributed by atoms with Gasteiger partial charge in [-0.2, -0.15) is 0 Å². The minimum absolute atomic E-state index is 0.0941. The van der Waals surface area contributed by atoms with E-state index in [1.807, 2.05) is 0 Å². The van der Waals surface area contributed by atoms with Crippen LogP contribution in [0.2, 0.25) is 0 Å². The number of hydrogen-bond donors (Lipinski definition) is 7. The number of nitrogens with two attached hydrogens (primary N) is 6. The third-order valence-corrected chi connectivity index (χ3v) is 5.10. The monoisotopic (exact) mass is 494 g/mol. The summed E-state index contributed by atoms with van der Waals surface area (Å²) in [4.78, 5) is 37.6. The molecule has 0 spiro atoms. The first-order chi connectivity index (χ1) is 16.1. The van der Waals surface area contributed by atoms with Crippen LogP contribution in [0, 0.1) is 0 Å². The van der Waals surface area contributed by atoms with Crippen molar-refractivity contribution in [1.82, 2.24) is 0 Å². The molecule has 0 aromatic carbocycles. The Balaban J connectivity index is 3.33. The highest BCUT2D eigenvalue weighted by Crippen LogP contribution is 2.29. The second-order valence-electron chi connectivity index (χ2n) is 7.72. The van der Waals surface area contributed by atoms with Gasteiger partial charge in [0, 0.05) is 7.11 Å². The van der Waals surface area contributed by atoms with E-state index in [0.717, 1.165) is 0 Å². The zero-order valence-electron chi connectivity index (χ0n) is 19.2. The molecule has 1 aliphatic heterocycles. The van der Waals surface area contributed by atoms with E-state index in [2.05, 4.69) is 0 Å². The lowest BCUT2D eigenvalue weighted by Gasteiger charge is -2.44. The smallest absolute Gasteiger partial charge is 0.323 e. The SMILES string of the molecule is CO[C@H]1O[C@H](CO)[C@H](OC(=O)[C@@H](N)CCN)[C@H](OC(=O)[C@@H](N)CCN)[C@H]1OC(=O)[C@@H](N)CCN. The Hall–Kier alpha value is -1.95. The van der Waals surface area contributed by atoms with Crippen molar-refractivity contribution in [2.24, 2.45) is 34.4 Å². The van der Waals surface area contributed by atoms with E-state index in [9.17, 15) is 19.5 Å². The van der Waals surface area contributed by atoms with Gasteiger partial charge < -0.3 is 63.2 Å². The second kappa shape index (κ2) is 15.1. The van der Waals surface area contributed by atoms with Gasteiger partial charge in [0.25, 0.3) is 0 Å². The molecule has 1 fully saturated rings. The van der Waals surface area contributed by atoms with Gasteiger partial charge in [-0.3, -0.25) is 14.4 Å². The molecule has 1 rings (SSSR count). The summed E-state index contributed by atoms with van der Waals surface area (Å²) in [5.41, 5.74) is 33.7. The second-order valence-corrected chi connectivity index (χ2v) is 7.72. The molecule has 15 nitrogen and oxygen atoms in total. The number of carbonyl (C=O) groups excluding carboxylic acids is 3. The van der Waals surface area contributed by atoms with Crippen LogP contribution in [0.25, 0.3) is 0 Å². The average molecular weight is 495 g/mol. The molecule has 1 saturated heterocycles. The number of ether oxygens (including phenoxy) is 5. The highest BCUT2D eigenvalue weighted by Gasteiger charge is 2.53. The molecule has 0 saturated carbocycles. The van der Waals surface area contributed by atoms with Crippen molar-refractivity contribution < 1.29 is 43.2 Å². The van der Waals surface area contributed by atoms with Crippen LogP contribution in [0.3, 0.4) is 0 Å². The highest BCUT2D eigenvalue weighted by atomic mass is 16.7. The molecule has 15 heteroatoms. The van der Waals surface area contributed by atoms with E-state index >= 15 is 0 Å². The Bertz CT molecular complexity index is 618. The Labute approximate surface area is 197 Å². The minimum atomic E-state index is -1.49. The standard InChI is InChI=1S/C19H38N6O9/c1-30-19-15(34-18(29)11(25)4-7-22)14(33-17(28)10(24)3-6-21)13(12(8-26)31-19)32-16(27)9(23)2-5-20/h9-15,19,26H,2-8,20-25H2,1H3/t9-,10-,11-,12+,13-,14-,15+,19-/m0/s1. The molecule has 13 N–H and O–H groups in total. The summed E-state index contributed by atoms with van der Waals surface area (Å²) in [7, 11) is 1.24. The Morgan fingerprint density at radius 1 is 0.765 bits per heavy atom. The summed E-state index contributed by atoms with van der Waals surface area (Å²) >= 11 is 0. The van der Waals surface area contributed by atoms with Crippen LogP contribution in [-0.4, -0.2) is 105 Å². The van der Waals surface area contributed by atoms with Crippen molar-refractivity contribution >= 4 is 17.9 Å². The quantitative estimate of drug-likeness (QED) is 0.0880. The van der Waals surface area contributed by atoms with E-state index in [1.54, 1.807) is 0 Å². The summed E-state index contributed by atoms with van der Waals surface area (Å²) in [6.07, 6.45) is -6.60. The lowest BCUT2D eigenvalue weighted by atomic mass is 9.97. The molecule has 0 radical (unpaired) electrons. The van der Waals surface area contributed by atoms with Crippen molar-refractivity contribution in [3.8, 4) is 0 Å². The van der Waals surface area contributed by atoms with E-state index in [0.29, 0.717) is 0 Å². The van der Waals surface area contributed by atoms with Gasteiger partial charge in [0.05, 0.1) is 6.61 Å². The molecule has 0 amide bonds. The molecule has 0 aliphatic carbocycles. The fourth-order valence-electron chi connectivity index (χ4n) is 3.17. The van der Waals surface area contributed by atoms with E-state index in [4.69, 9.17) is 58.1 Å². The van der Waals surface area contributed by atoms with Crippen LogP contribution in [0.1, 0.15) is 19.3 Å². The number of carbonyl (C=O) groups is 3. The van der Waals surface area contributed by atoms with Crippen molar-refractivity contribution in [3.63, 3.8) is 0 Å². The van der Waals surface area contributed by atoms with Crippen LogP contribution in [0.15, 0.2) is 0 Å². The maximum Gasteiger partial charge on any atom is 0.323 e. The molecule has 34 heavy (non-hydrogen) atoms.